The molecule has 0 aromatic heterocycles. The zero-order valence-electron chi connectivity index (χ0n) is 11.4. The van der Waals surface area contributed by atoms with Crippen LogP contribution in [0.15, 0.2) is 48.5 Å². The van der Waals surface area contributed by atoms with Gasteiger partial charge in [0.25, 0.3) is 0 Å². The first-order valence-electron chi connectivity index (χ1n) is 6.63. The minimum Gasteiger partial charge on any atom is -0.374 e. The fourth-order valence-corrected chi connectivity index (χ4v) is 2.68. The van der Waals surface area contributed by atoms with Crippen LogP contribution in [0.5, 0.6) is 0 Å². The van der Waals surface area contributed by atoms with Gasteiger partial charge in [0.2, 0.25) is 11.6 Å². The van der Waals surface area contributed by atoms with Crippen molar-refractivity contribution in [1.82, 2.24) is 0 Å². The molecule has 0 saturated carbocycles. The second-order valence-electron chi connectivity index (χ2n) is 5.17. The van der Waals surface area contributed by atoms with Crippen molar-refractivity contribution < 1.29 is 19.5 Å². The summed E-state index contributed by atoms with van der Waals surface area (Å²) in [5, 5.41) is 11.0. The van der Waals surface area contributed by atoms with Gasteiger partial charge in [0, 0.05) is 21.7 Å². The van der Waals surface area contributed by atoms with Crippen molar-refractivity contribution >= 4 is 29.0 Å². The number of hydrogen-bond acceptors (Lipinski definition) is 4. The molecule has 0 radical (unpaired) electrons. The summed E-state index contributed by atoms with van der Waals surface area (Å²) in [6.45, 7) is 0. The average Bonchev–Trinajstić information content (AvgIpc) is 2.70. The summed E-state index contributed by atoms with van der Waals surface area (Å²) in [5.41, 5.74) is -1.73. The molecule has 0 atom stereocenters. The van der Waals surface area contributed by atoms with Crippen LogP contribution in [0.4, 0.5) is 0 Å². The Morgan fingerprint density at radius 3 is 1.95 bits per heavy atom. The van der Waals surface area contributed by atoms with Crippen LogP contribution < -0.4 is 0 Å². The van der Waals surface area contributed by atoms with Crippen molar-refractivity contribution in [1.29, 1.82) is 0 Å². The van der Waals surface area contributed by atoms with Gasteiger partial charge < -0.3 is 5.11 Å². The van der Waals surface area contributed by atoms with Crippen LogP contribution in [-0.2, 0) is 0 Å². The molecule has 1 aliphatic rings. The number of carbonyl (C=O) groups is 3. The summed E-state index contributed by atoms with van der Waals surface area (Å²) in [4.78, 5) is 36.9. The molecule has 0 fully saturated rings. The van der Waals surface area contributed by atoms with Gasteiger partial charge in [-0.3, -0.25) is 14.4 Å². The van der Waals surface area contributed by atoms with E-state index in [-0.39, 0.29) is 16.7 Å². The standard InChI is InChI=1S/C17H11ClO4/c18-11-7-5-10(6-8-11)14(19)9-17(22)15(20)12-3-1-2-4-13(12)16(17)21/h1-8,22H,9H2. The third-order valence-electron chi connectivity index (χ3n) is 3.75. The van der Waals surface area contributed by atoms with Gasteiger partial charge >= 0.3 is 0 Å². The van der Waals surface area contributed by atoms with E-state index in [2.05, 4.69) is 0 Å². The Labute approximate surface area is 131 Å². The highest BCUT2D eigenvalue weighted by molar-refractivity contribution is 6.33. The van der Waals surface area contributed by atoms with E-state index in [1.165, 1.54) is 36.4 Å². The van der Waals surface area contributed by atoms with Crippen molar-refractivity contribution in [2.75, 3.05) is 0 Å². The van der Waals surface area contributed by atoms with Crippen LogP contribution in [0.1, 0.15) is 37.5 Å². The second-order valence-corrected chi connectivity index (χ2v) is 5.61. The van der Waals surface area contributed by atoms with Crippen LogP contribution >= 0.6 is 11.6 Å². The normalized spacial score (nSPS) is 15.7. The van der Waals surface area contributed by atoms with Gasteiger partial charge in [-0.25, -0.2) is 0 Å². The summed E-state index contributed by atoms with van der Waals surface area (Å²) >= 11 is 5.75. The van der Waals surface area contributed by atoms with Gasteiger partial charge in [-0.15, -0.1) is 0 Å². The maximum atomic E-state index is 12.3. The van der Waals surface area contributed by atoms with Crippen LogP contribution in [-0.4, -0.2) is 28.1 Å². The Morgan fingerprint density at radius 1 is 0.955 bits per heavy atom. The first-order chi connectivity index (χ1) is 10.4. The van der Waals surface area contributed by atoms with E-state index in [0.29, 0.717) is 5.02 Å². The molecule has 0 bridgehead atoms. The Bertz CT molecular complexity index is 758. The lowest BCUT2D eigenvalue weighted by Gasteiger charge is -2.18. The Morgan fingerprint density at radius 2 is 1.45 bits per heavy atom. The van der Waals surface area contributed by atoms with Gasteiger partial charge in [0.15, 0.2) is 11.4 Å². The average molecular weight is 315 g/mol. The molecular formula is C17H11ClO4. The fraction of sp³-hybridized carbons (Fsp3) is 0.118. The molecule has 110 valence electrons. The zero-order chi connectivity index (χ0) is 15.9. The highest BCUT2D eigenvalue weighted by Gasteiger charge is 2.52. The molecule has 1 aliphatic carbocycles. The lowest BCUT2D eigenvalue weighted by Crippen LogP contribution is -2.43. The Balaban J connectivity index is 1.92. The van der Waals surface area contributed by atoms with Crippen LogP contribution in [0.25, 0.3) is 0 Å². The SMILES string of the molecule is O=C(CC1(O)C(=O)c2ccccc2C1=O)c1ccc(Cl)cc1. The minimum atomic E-state index is -2.32. The largest absolute Gasteiger partial charge is 0.374 e. The highest BCUT2D eigenvalue weighted by atomic mass is 35.5. The molecule has 4 nitrogen and oxygen atoms in total. The summed E-state index contributed by atoms with van der Waals surface area (Å²) < 4.78 is 0. The third kappa shape index (κ3) is 2.17. The highest BCUT2D eigenvalue weighted by Crippen LogP contribution is 2.33. The van der Waals surface area contributed by atoms with E-state index in [0.717, 1.165) is 0 Å². The predicted octanol–water partition coefficient (Wildman–Crippen LogP) is 2.72. The number of halogens is 1. The molecule has 0 heterocycles. The third-order valence-corrected chi connectivity index (χ3v) is 4.00. The molecule has 3 rings (SSSR count). The molecule has 2 aromatic rings. The van der Waals surface area contributed by atoms with Crippen molar-refractivity contribution in [2.45, 2.75) is 12.0 Å². The van der Waals surface area contributed by atoms with Gasteiger partial charge in [-0.05, 0) is 24.3 Å². The monoisotopic (exact) mass is 314 g/mol. The van der Waals surface area contributed by atoms with E-state index in [4.69, 9.17) is 11.6 Å². The number of fused-ring (bicyclic) bond motifs is 1. The van der Waals surface area contributed by atoms with Crippen molar-refractivity contribution in [3.8, 4) is 0 Å². The van der Waals surface area contributed by atoms with E-state index in [1.807, 2.05) is 0 Å². The molecule has 0 amide bonds. The first-order valence-corrected chi connectivity index (χ1v) is 7.01. The molecule has 0 saturated heterocycles. The second kappa shape index (κ2) is 5.16. The molecule has 1 N–H and O–H groups in total. The van der Waals surface area contributed by atoms with Crippen molar-refractivity contribution in [3.63, 3.8) is 0 Å². The smallest absolute Gasteiger partial charge is 0.203 e. The number of carbonyl (C=O) groups excluding carboxylic acids is 3. The number of rotatable bonds is 3. The zero-order valence-corrected chi connectivity index (χ0v) is 12.1. The molecule has 2 aromatic carbocycles. The molecule has 0 unspecified atom stereocenters. The number of hydrogen-bond donors (Lipinski definition) is 1. The molecular weight excluding hydrogens is 304 g/mol. The van der Waals surface area contributed by atoms with Crippen molar-refractivity contribution in [3.05, 3.63) is 70.2 Å². The van der Waals surface area contributed by atoms with Gasteiger partial charge in [-0.2, -0.15) is 0 Å². The first kappa shape index (κ1) is 14.6. The molecule has 5 heteroatoms. The van der Waals surface area contributed by atoms with Gasteiger partial charge in [0.05, 0.1) is 6.42 Å². The van der Waals surface area contributed by atoms with Crippen LogP contribution in [0, 0.1) is 0 Å². The predicted molar refractivity (Wildman–Crippen MR) is 80.5 cm³/mol. The van der Waals surface area contributed by atoms with E-state index < -0.39 is 29.4 Å². The minimum absolute atomic E-state index is 0.152. The van der Waals surface area contributed by atoms with Gasteiger partial charge in [-0.1, -0.05) is 35.9 Å². The maximum absolute atomic E-state index is 12.3. The van der Waals surface area contributed by atoms with Crippen LogP contribution in [0.3, 0.4) is 0 Å². The van der Waals surface area contributed by atoms with E-state index in [1.54, 1.807) is 12.1 Å². The Kier molecular flexibility index (Phi) is 3.43. The van der Waals surface area contributed by atoms with E-state index >= 15 is 0 Å². The fourth-order valence-electron chi connectivity index (χ4n) is 2.56. The summed E-state index contributed by atoms with van der Waals surface area (Å²) in [6, 6.07) is 12.2. The van der Waals surface area contributed by atoms with Crippen molar-refractivity contribution in [2.24, 2.45) is 0 Å². The van der Waals surface area contributed by atoms with E-state index in [9.17, 15) is 19.5 Å². The quantitative estimate of drug-likeness (QED) is 0.698. The van der Waals surface area contributed by atoms with Crippen LogP contribution in [0.2, 0.25) is 5.02 Å². The lowest BCUT2D eigenvalue weighted by atomic mass is 9.89. The number of Topliss-reactive ketones (excluding diaryl/α,β-unsaturated/α-hetero) is 3. The molecule has 0 spiro atoms. The number of aliphatic hydroxyl groups is 1. The summed E-state index contributed by atoms with van der Waals surface area (Å²) in [7, 11) is 0. The summed E-state index contributed by atoms with van der Waals surface area (Å²) in [6.07, 6.45) is -0.582. The topological polar surface area (TPSA) is 71.4 Å². The Hall–Kier alpha value is -2.30. The molecule has 22 heavy (non-hydrogen) atoms. The molecule has 0 aliphatic heterocycles. The maximum Gasteiger partial charge on any atom is 0.203 e. The van der Waals surface area contributed by atoms with Gasteiger partial charge in [0.1, 0.15) is 0 Å². The number of ketones is 3. The number of benzene rings is 2. The lowest BCUT2D eigenvalue weighted by molar-refractivity contribution is 0.0295. The summed E-state index contributed by atoms with van der Waals surface area (Å²) in [5.74, 6) is -1.94.